The number of amides is 1. The summed E-state index contributed by atoms with van der Waals surface area (Å²) < 4.78 is 5.42. The van der Waals surface area contributed by atoms with E-state index in [2.05, 4.69) is 59.2 Å². The van der Waals surface area contributed by atoms with Gasteiger partial charge in [0.15, 0.2) is 0 Å². The molecule has 6 nitrogen and oxygen atoms in total. The first-order valence-corrected chi connectivity index (χ1v) is 12.7. The molecule has 186 valence electrons. The maximum Gasteiger partial charge on any atom is 0.257 e. The van der Waals surface area contributed by atoms with Gasteiger partial charge >= 0.3 is 0 Å². The highest BCUT2D eigenvalue weighted by Gasteiger charge is 2.35. The number of hydrazone groups is 1. The number of piperazine rings is 1. The van der Waals surface area contributed by atoms with E-state index in [1.807, 2.05) is 36.4 Å². The van der Waals surface area contributed by atoms with Crippen molar-refractivity contribution in [1.82, 2.24) is 14.8 Å². The minimum Gasteiger partial charge on any atom is -0.497 e. The molecule has 36 heavy (non-hydrogen) atoms. The Bertz CT molecular complexity index is 1220. The molecular formula is C30H34N4O2. The minimum absolute atomic E-state index is 0.0534. The van der Waals surface area contributed by atoms with E-state index in [1.54, 1.807) is 12.1 Å². The highest BCUT2D eigenvalue weighted by molar-refractivity contribution is 6.03. The Hall–Kier alpha value is -3.48. The lowest BCUT2D eigenvalue weighted by Gasteiger charge is -2.35. The Morgan fingerprint density at radius 3 is 2.39 bits per heavy atom. The van der Waals surface area contributed by atoms with Crippen LogP contribution in [0.25, 0.3) is 0 Å². The van der Waals surface area contributed by atoms with E-state index in [1.165, 1.54) is 11.1 Å². The summed E-state index contributed by atoms with van der Waals surface area (Å²) in [6, 6.07) is 26.7. The largest absolute Gasteiger partial charge is 0.497 e. The molecule has 1 amide bonds. The molecule has 2 aliphatic heterocycles. The van der Waals surface area contributed by atoms with Gasteiger partial charge in [-0.1, -0.05) is 66.7 Å². The predicted molar refractivity (Wildman–Crippen MR) is 143 cm³/mol. The maximum absolute atomic E-state index is 13.6. The number of carbonyl (C=O) groups excluding carboxylic acids is 1. The lowest BCUT2D eigenvalue weighted by atomic mass is 9.95. The second-order valence-electron chi connectivity index (χ2n) is 9.63. The smallest absolute Gasteiger partial charge is 0.257 e. The number of aryl methyl sites for hydroxylation is 1. The van der Waals surface area contributed by atoms with Crippen LogP contribution in [0.2, 0.25) is 0 Å². The van der Waals surface area contributed by atoms with Gasteiger partial charge in [-0.05, 0) is 35.7 Å². The van der Waals surface area contributed by atoms with Crippen molar-refractivity contribution in [1.29, 1.82) is 0 Å². The van der Waals surface area contributed by atoms with Gasteiger partial charge in [0.2, 0.25) is 0 Å². The average molecular weight is 483 g/mol. The van der Waals surface area contributed by atoms with E-state index >= 15 is 0 Å². The number of nitrogens with zero attached hydrogens (tertiary/aromatic N) is 4. The van der Waals surface area contributed by atoms with E-state index in [9.17, 15) is 4.79 Å². The fraction of sp³-hybridized carbons (Fsp3) is 0.333. The zero-order valence-electron chi connectivity index (χ0n) is 21.1. The van der Waals surface area contributed by atoms with Crippen LogP contribution >= 0.6 is 0 Å². The van der Waals surface area contributed by atoms with Gasteiger partial charge in [0.25, 0.3) is 5.91 Å². The topological polar surface area (TPSA) is 48.4 Å². The maximum atomic E-state index is 13.6. The fourth-order valence-corrected chi connectivity index (χ4v) is 5.13. The van der Waals surface area contributed by atoms with Crippen LogP contribution in [0.15, 0.2) is 84.0 Å². The third kappa shape index (κ3) is 5.50. The summed E-state index contributed by atoms with van der Waals surface area (Å²) in [6.45, 7) is 7.13. The molecule has 3 aromatic carbocycles. The Balaban J connectivity index is 1.29. The highest BCUT2D eigenvalue weighted by atomic mass is 16.5. The summed E-state index contributed by atoms with van der Waals surface area (Å²) >= 11 is 0. The van der Waals surface area contributed by atoms with Crippen LogP contribution in [0.1, 0.15) is 34.7 Å². The summed E-state index contributed by atoms with van der Waals surface area (Å²) in [5.74, 6) is 0.846. The van der Waals surface area contributed by atoms with Crippen molar-refractivity contribution in [3.8, 4) is 5.75 Å². The van der Waals surface area contributed by atoms with Crippen molar-refractivity contribution >= 4 is 11.6 Å². The summed E-state index contributed by atoms with van der Waals surface area (Å²) in [6.07, 6.45) is 0.689. The number of ether oxygens (including phenoxy) is 1. The Morgan fingerprint density at radius 1 is 0.917 bits per heavy atom. The minimum atomic E-state index is -0.0979. The normalized spacial score (nSPS) is 18.8. The Labute approximate surface area is 213 Å². The number of hydrogen-bond acceptors (Lipinski definition) is 5. The molecule has 0 radical (unpaired) electrons. The molecule has 0 aromatic heterocycles. The molecule has 0 N–H and O–H groups in total. The average Bonchev–Trinajstić information content (AvgIpc) is 3.36. The quantitative estimate of drug-likeness (QED) is 0.498. The van der Waals surface area contributed by atoms with Crippen LogP contribution in [-0.2, 0) is 11.3 Å². The first kappa shape index (κ1) is 24.2. The van der Waals surface area contributed by atoms with Gasteiger partial charge in [-0.3, -0.25) is 14.6 Å². The van der Waals surface area contributed by atoms with E-state index in [-0.39, 0.29) is 11.9 Å². The van der Waals surface area contributed by atoms with E-state index in [0.717, 1.165) is 55.3 Å². The van der Waals surface area contributed by atoms with Gasteiger partial charge in [-0.2, -0.15) is 5.10 Å². The van der Waals surface area contributed by atoms with Crippen LogP contribution in [0.3, 0.4) is 0 Å². The number of carbonyl (C=O) groups is 1. The van der Waals surface area contributed by atoms with Crippen molar-refractivity contribution in [3.63, 3.8) is 0 Å². The van der Waals surface area contributed by atoms with Crippen molar-refractivity contribution in [3.05, 3.63) is 101 Å². The summed E-state index contributed by atoms with van der Waals surface area (Å²) in [5.41, 5.74) is 5.58. The van der Waals surface area contributed by atoms with E-state index < -0.39 is 0 Å². The highest BCUT2D eigenvalue weighted by Crippen LogP contribution is 2.35. The van der Waals surface area contributed by atoms with Crippen LogP contribution < -0.4 is 4.74 Å². The standard InChI is InChI=1S/C30H34N4O2/c1-23-9-6-7-14-27(23)29-20-28(25-12-8-13-26(19-25)36-2)31-34(29)30(35)22-33-17-15-32(16-18-33)21-24-10-4-3-5-11-24/h3-14,19,29H,15-18,20-22H2,1-2H3. The third-order valence-electron chi connectivity index (χ3n) is 7.19. The fourth-order valence-electron chi connectivity index (χ4n) is 5.13. The third-order valence-corrected chi connectivity index (χ3v) is 7.19. The molecule has 0 saturated carbocycles. The van der Waals surface area contributed by atoms with Gasteiger partial charge in [0.1, 0.15) is 5.75 Å². The zero-order valence-corrected chi connectivity index (χ0v) is 21.1. The number of rotatable bonds is 7. The molecule has 1 unspecified atom stereocenters. The van der Waals surface area contributed by atoms with E-state index in [0.29, 0.717) is 13.0 Å². The molecular weight excluding hydrogens is 448 g/mol. The molecule has 5 rings (SSSR count). The summed E-state index contributed by atoms with van der Waals surface area (Å²) in [5, 5.41) is 6.61. The van der Waals surface area contributed by atoms with E-state index in [4.69, 9.17) is 9.84 Å². The molecule has 0 aliphatic carbocycles. The monoisotopic (exact) mass is 482 g/mol. The van der Waals surface area contributed by atoms with Crippen molar-refractivity contribution < 1.29 is 9.53 Å². The number of benzene rings is 3. The van der Waals surface area contributed by atoms with Crippen molar-refractivity contribution in [2.75, 3.05) is 39.8 Å². The predicted octanol–water partition coefficient (Wildman–Crippen LogP) is 4.50. The Morgan fingerprint density at radius 2 is 1.64 bits per heavy atom. The van der Waals surface area contributed by atoms with Crippen molar-refractivity contribution in [2.45, 2.75) is 25.9 Å². The summed E-state index contributed by atoms with van der Waals surface area (Å²) in [7, 11) is 1.67. The molecule has 1 atom stereocenters. The number of methoxy groups -OCH3 is 1. The lowest BCUT2D eigenvalue weighted by Crippen LogP contribution is -2.49. The first-order chi connectivity index (χ1) is 17.6. The number of hydrogen-bond donors (Lipinski definition) is 0. The lowest BCUT2D eigenvalue weighted by molar-refractivity contribution is -0.134. The second kappa shape index (κ2) is 11.1. The molecule has 6 heteroatoms. The van der Waals surface area contributed by atoms with Crippen LogP contribution in [0.5, 0.6) is 5.75 Å². The molecule has 0 bridgehead atoms. The van der Waals surface area contributed by atoms with Gasteiger partial charge in [-0.25, -0.2) is 5.01 Å². The second-order valence-corrected chi connectivity index (χ2v) is 9.63. The van der Waals surface area contributed by atoms with Crippen molar-refractivity contribution in [2.24, 2.45) is 5.10 Å². The molecule has 2 heterocycles. The molecule has 0 spiro atoms. The summed E-state index contributed by atoms with van der Waals surface area (Å²) in [4.78, 5) is 18.3. The van der Waals surface area contributed by atoms with Crippen LogP contribution in [0, 0.1) is 6.92 Å². The SMILES string of the molecule is COc1cccc(C2=NN(C(=O)CN3CCN(Cc4ccccc4)CC3)C(c3ccccc3C)C2)c1. The molecule has 2 aliphatic rings. The van der Waals surface area contributed by atoms with Gasteiger partial charge in [0, 0.05) is 44.7 Å². The van der Waals surface area contributed by atoms with Gasteiger partial charge < -0.3 is 4.74 Å². The first-order valence-electron chi connectivity index (χ1n) is 12.7. The molecule has 1 fully saturated rings. The van der Waals surface area contributed by atoms with Gasteiger partial charge in [0.05, 0.1) is 25.4 Å². The van der Waals surface area contributed by atoms with Crippen LogP contribution in [-0.4, -0.2) is 66.3 Å². The zero-order chi connectivity index (χ0) is 24.9. The van der Waals surface area contributed by atoms with Crippen LogP contribution in [0.4, 0.5) is 0 Å². The van der Waals surface area contributed by atoms with Gasteiger partial charge in [-0.15, -0.1) is 0 Å². The molecule has 1 saturated heterocycles. The molecule has 3 aromatic rings. The Kier molecular flexibility index (Phi) is 7.44.